The lowest BCUT2D eigenvalue weighted by Crippen LogP contribution is -2.35. The van der Waals surface area contributed by atoms with Crippen molar-refractivity contribution in [3.05, 3.63) is 48.0 Å². The van der Waals surface area contributed by atoms with Gasteiger partial charge in [-0.3, -0.25) is 4.68 Å². The van der Waals surface area contributed by atoms with Gasteiger partial charge in [-0.25, -0.2) is 4.39 Å². The van der Waals surface area contributed by atoms with Gasteiger partial charge in [0.1, 0.15) is 17.7 Å². The Morgan fingerprint density at radius 2 is 2.12 bits per heavy atom. The van der Waals surface area contributed by atoms with E-state index in [1.165, 1.54) is 12.1 Å². The van der Waals surface area contributed by atoms with E-state index in [2.05, 4.69) is 23.5 Å². The van der Waals surface area contributed by atoms with Crippen LogP contribution in [-0.4, -0.2) is 33.6 Å². The maximum atomic E-state index is 12.9. The summed E-state index contributed by atoms with van der Waals surface area (Å²) in [6.45, 7) is 4.55. The van der Waals surface area contributed by atoms with Crippen LogP contribution in [0.5, 0.6) is 5.75 Å². The topological polar surface area (TPSA) is 59.3 Å². The molecule has 0 bridgehead atoms. The van der Waals surface area contributed by atoms with E-state index in [1.807, 2.05) is 10.9 Å². The quantitative estimate of drug-likeness (QED) is 0.771. The van der Waals surface area contributed by atoms with E-state index in [1.54, 1.807) is 12.1 Å². The second-order valence-electron chi connectivity index (χ2n) is 6.68. The van der Waals surface area contributed by atoms with Crippen molar-refractivity contribution in [1.82, 2.24) is 15.1 Å². The highest BCUT2D eigenvalue weighted by Crippen LogP contribution is 2.29. The Balaban J connectivity index is 1.43. The zero-order chi connectivity index (χ0) is 17.6. The van der Waals surface area contributed by atoms with Crippen molar-refractivity contribution in [2.75, 3.05) is 6.54 Å². The molecule has 136 valence electrons. The second kappa shape index (κ2) is 8.45. The van der Waals surface area contributed by atoms with E-state index in [9.17, 15) is 9.50 Å². The molecule has 0 aliphatic heterocycles. The number of nitrogens with one attached hydrogen (secondary N) is 1. The van der Waals surface area contributed by atoms with Gasteiger partial charge in [0.05, 0.1) is 12.3 Å². The number of rotatable bonds is 8. The van der Waals surface area contributed by atoms with Crippen molar-refractivity contribution < 1.29 is 14.2 Å². The maximum absolute atomic E-state index is 12.9. The summed E-state index contributed by atoms with van der Waals surface area (Å²) in [6, 6.07) is 5.94. The Hall–Kier alpha value is -1.92. The molecule has 25 heavy (non-hydrogen) atoms. The van der Waals surface area contributed by atoms with Crippen LogP contribution < -0.4 is 10.1 Å². The van der Waals surface area contributed by atoms with Gasteiger partial charge in [-0.2, -0.15) is 5.10 Å². The molecule has 0 unspecified atom stereocenters. The highest BCUT2D eigenvalue weighted by molar-refractivity contribution is 5.22. The molecule has 0 amide bonds. The predicted octanol–water partition coefficient (Wildman–Crippen LogP) is 2.74. The summed E-state index contributed by atoms with van der Waals surface area (Å²) in [6.07, 6.45) is 5.98. The minimum atomic E-state index is -0.514. The lowest BCUT2D eigenvalue weighted by Gasteiger charge is -2.21. The molecule has 1 fully saturated rings. The van der Waals surface area contributed by atoms with E-state index in [0.717, 1.165) is 44.5 Å². The number of aromatic nitrogens is 2. The molecule has 1 aliphatic rings. The van der Waals surface area contributed by atoms with Gasteiger partial charge in [0.2, 0.25) is 0 Å². The van der Waals surface area contributed by atoms with E-state index >= 15 is 0 Å². The molecule has 2 aromatic rings. The molecule has 3 rings (SSSR count). The third-order valence-corrected chi connectivity index (χ3v) is 4.66. The summed E-state index contributed by atoms with van der Waals surface area (Å²) >= 11 is 0. The van der Waals surface area contributed by atoms with Gasteiger partial charge in [0.15, 0.2) is 0 Å². The summed E-state index contributed by atoms with van der Waals surface area (Å²) in [7, 11) is 0. The zero-order valence-electron chi connectivity index (χ0n) is 14.6. The predicted molar refractivity (Wildman–Crippen MR) is 93.8 cm³/mol. The number of aliphatic hydroxyl groups excluding tert-OH is 1. The normalized spacial score (nSPS) is 23.1. The molecule has 6 heteroatoms. The molecular formula is C19H26FN3O2. The number of hydrogen-bond donors (Lipinski definition) is 2. The van der Waals surface area contributed by atoms with E-state index < -0.39 is 6.10 Å². The molecule has 1 aliphatic carbocycles. The van der Waals surface area contributed by atoms with Crippen molar-refractivity contribution in [2.45, 2.75) is 51.5 Å². The van der Waals surface area contributed by atoms with Gasteiger partial charge < -0.3 is 15.2 Å². The fourth-order valence-corrected chi connectivity index (χ4v) is 3.31. The summed E-state index contributed by atoms with van der Waals surface area (Å²) in [5.41, 5.74) is 1.15. The van der Waals surface area contributed by atoms with Gasteiger partial charge in [-0.15, -0.1) is 0 Å². The van der Waals surface area contributed by atoms with Crippen LogP contribution in [0.2, 0.25) is 0 Å². The number of benzene rings is 1. The van der Waals surface area contributed by atoms with Crippen LogP contribution >= 0.6 is 0 Å². The fourth-order valence-electron chi connectivity index (χ4n) is 3.31. The molecule has 3 atom stereocenters. The van der Waals surface area contributed by atoms with E-state index in [0.29, 0.717) is 5.75 Å². The average Bonchev–Trinajstić information content (AvgIpc) is 3.19. The Morgan fingerprint density at radius 3 is 2.88 bits per heavy atom. The Bertz CT molecular complexity index is 659. The number of halogens is 1. The molecule has 1 aromatic carbocycles. The summed E-state index contributed by atoms with van der Waals surface area (Å²) < 4.78 is 20.7. The van der Waals surface area contributed by atoms with Gasteiger partial charge >= 0.3 is 0 Å². The van der Waals surface area contributed by atoms with Gasteiger partial charge in [-0.05, 0) is 43.5 Å². The van der Waals surface area contributed by atoms with Crippen molar-refractivity contribution in [3.8, 4) is 5.75 Å². The Labute approximate surface area is 147 Å². The highest BCUT2D eigenvalue weighted by atomic mass is 19.1. The largest absolute Gasteiger partial charge is 0.488 e. The minimum absolute atomic E-state index is 0.163. The summed E-state index contributed by atoms with van der Waals surface area (Å²) in [4.78, 5) is 0. The first-order chi connectivity index (χ1) is 12.2. The van der Waals surface area contributed by atoms with Crippen LogP contribution in [0.3, 0.4) is 0 Å². The minimum Gasteiger partial charge on any atom is -0.488 e. The number of nitrogens with zero attached hydrogens (tertiary/aromatic N) is 2. The van der Waals surface area contributed by atoms with Crippen molar-refractivity contribution in [1.29, 1.82) is 0 Å². The second-order valence-corrected chi connectivity index (χ2v) is 6.68. The Morgan fingerprint density at radius 1 is 1.32 bits per heavy atom. The standard InChI is InChI=1S/C19H26FN3O2/c1-2-9-23-13-14(11-22-23)10-21-12-15-3-8-18(19(15)24)25-17-6-4-16(20)5-7-17/h4-7,11,13,15,18-19,21,24H,2-3,8-10,12H2,1H3/t15-,18-,19-/m1/s1. The van der Waals surface area contributed by atoms with Crippen LogP contribution in [0.25, 0.3) is 0 Å². The first-order valence-corrected chi connectivity index (χ1v) is 8.98. The molecule has 1 heterocycles. The van der Waals surface area contributed by atoms with Crippen LogP contribution in [-0.2, 0) is 13.1 Å². The van der Waals surface area contributed by atoms with Crippen molar-refractivity contribution >= 4 is 0 Å². The molecular weight excluding hydrogens is 321 g/mol. The molecule has 1 aromatic heterocycles. The first-order valence-electron chi connectivity index (χ1n) is 8.98. The molecule has 2 N–H and O–H groups in total. The van der Waals surface area contributed by atoms with Crippen molar-refractivity contribution in [3.63, 3.8) is 0 Å². The van der Waals surface area contributed by atoms with Gasteiger partial charge in [0, 0.05) is 37.3 Å². The third kappa shape index (κ3) is 4.80. The third-order valence-electron chi connectivity index (χ3n) is 4.66. The summed E-state index contributed by atoms with van der Waals surface area (Å²) in [5.74, 6) is 0.474. The zero-order valence-corrected chi connectivity index (χ0v) is 14.6. The maximum Gasteiger partial charge on any atom is 0.125 e. The lowest BCUT2D eigenvalue weighted by atomic mass is 10.1. The van der Waals surface area contributed by atoms with Crippen LogP contribution in [0.1, 0.15) is 31.7 Å². The SMILES string of the molecule is CCCn1cc(CNC[C@H]2CC[C@@H](Oc3ccc(F)cc3)[C@@H]2O)cn1. The van der Waals surface area contributed by atoms with Crippen LogP contribution in [0.4, 0.5) is 4.39 Å². The van der Waals surface area contributed by atoms with Crippen LogP contribution in [0, 0.1) is 11.7 Å². The molecule has 0 spiro atoms. The molecule has 1 saturated carbocycles. The smallest absolute Gasteiger partial charge is 0.125 e. The fraction of sp³-hybridized carbons (Fsp3) is 0.526. The van der Waals surface area contributed by atoms with Crippen LogP contribution in [0.15, 0.2) is 36.7 Å². The van der Waals surface area contributed by atoms with Gasteiger partial charge in [-0.1, -0.05) is 6.92 Å². The number of hydrogen-bond acceptors (Lipinski definition) is 4. The van der Waals surface area contributed by atoms with Gasteiger partial charge in [0.25, 0.3) is 0 Å². The number of aryl methyl sites for hydroxylation is 1. The number of aliphatic hydroxyl groups is 1. The molecule has 0 radical (unpaired) electrons. The monoisotopic (exact) mass is 347 g/mol. The Kier molecular flexibility index (Phi) is 6.04. The van der Waals surface area contributed by atoms with E-state index in [-0.39, 0.29) is 17.8 Å². The van der Waals surface area contributed by atoms with E-state index in [4.69, 9.17) is 4.74 Å². The molecule has 5 nitrogen and oxygen atoms in total. The lowest BCUT2D eigenvalue weighted by molar-refractivity contribution is 0.0349. The number of ether oxygens (including phenoxy) is 1. The van der Waals surface area contributed by atoms with Crippen molar-refractivity contribution in [2.24, 2.45) is 5.92 Å². The molecule has 0 saturated heterocycles. The summed E-state index contributed by atoms with van der Waals surface area (Å²) in [5, 5.41) is 18.2. The first kappa shape index (κ1) is 17.9. The highest BCUT2D eigenvalue weighted by Gasteiger charge is 2.35. The average molecular weight is 347 g/mol.